The van der Waals surface area contributed by atoms with Crippen LogP contribution in [0.5, 0.6) is 0 Å². The number of hydrogen-bond acceptors (Lipinski definition) is 3. The summed E-state index contributed by atoms with van der Waals surface area (Å²) in [6, 6.07) is 9.04. The van der Waals surface area contributed by atoms with Gasteiger partial charge in [0.05, 0.1) is 0 Å². The average molecular weight is 411 g/mol. The molecule has 0 aliphatic carbocycles. The zero-order valence-electron chi connectivity index (χ0n) is 18.1. The molecular weight excluding hydrogens is 376 g/mol. The molecule has 6 heteroatoms. The van der Waals surface area contributed by atoms with E-state index in [1.807, 2.05) is 29.2 Å². The summed E-state index contributed by atoms with van der Waals surface area (Å²) in [6.07, 6.45) is 6.40. The van der Waals surface area contributed by atoms with Crippen LogP contribution in [0.15, 0.2) is 24.3 Å². The van der Waals surface area contributed by atoms with Crippen LogP contribution in [-0.4, -0.2) is 71.4 Å². The molecule has 6 nitrogen and oxygen atoms in total. The van der Waals surface area contributed by atoms with Crippen molar-refractivity contribution in [1.82, 2.24) is 14.7 Å². The van der Waals surface area contributed by atoms with Crippen LogP contribution in [0.3, 0.4) is 0 Å². The first-order chi connectivity index (χ1) is 14.6. The van der Waals surface area contributed by atoms with Crippen molar-refractivity contribution in [3.63, 3.8) is 0 Å². The number of anilines is 1. The Morgan fingerprint density at radius 2 is 1.80 bits per heavy atom. The number of rotatable bonds is 2. The van der Waals surface area contributed by atoms with Gasteiger partial charge in [-0.3, -0.25) is 9.69 Å². The minimum atomic E-state index is 0.0178. The average Bonchev–Trinajstić information content (AvgIpc) is 2.76. The van der Waals surface area contributed by atoms with E-state index in [1.54, 1.807) is 0 Å². The second-order valence-corrected chi connectivity index (χ2v) is 9.84. The van der Waals surface area contributed by atoms with Gasteiger partial charge in [-0.25, -0.2) is 4.79 Å². The smallest absolute Gasteiger partial charge is 0.321 e. The first-order valence-corrected chi connectivity index (χ1v) is 11.7. The Bertz CT molecular complexity index is 787. The van der Waals surface area contributed by atoms with Gasteiger partial charge >= 0.3 is 6.03 Å². The van der Waals surface area contributed by atoms with Crippen LogP contribution >= 0.6 is 0 Å². The van der Waals surface area contributed by atoms with Crippen LogP contribution in [0.1, 0.15) is 44.1 Å². The van der Waals surface area contributed by atoms with Crippen molar-refractivity contribution < 1.29 is 9.59 Å². The highest BCUT2D eigenvalue weighted by molar-refractivity contribution is 5.89. The minimum Gasteiger partial charge on any atom is -0.339 e. The normalized spacial score (nSPS) is 30.2. The highest BCUT2D eigenvalue weighted by Crippen LogP contribution is 2.39. The third-order valence-corrected chi connectivity index (χ3v) is 7.78. The monoisotopic (exact) mass is 410 g/mol. The number of carbonyl (C=O) groups is 2. The maximum absolute atomic E-state index is 12.6. The van der Waals surface area contributed by atoms with Gasteiger partial charge in [0.1, 0.15) is 0 Å². The van der Waals surface area contributed by atoms with Gasteiger partial charge in [-0.15, -0.1) is 0 Å². The first-order valence-electron chi connectivity index (χ1n) is 11.7. The molecule has 0 spiro atoms. The van der Waals surface area contributed by atoms with E-state index in [0.29, 0.717) is 29.8 Å². The lowest BCUT2D eigenvalue weighted by Crippen LogP contribution is -2.62. The van der Waals surface area contributed by atoms with Crippen LogP contribution in [0.4, 0.5) is 10.5 Å². The number of benzene rings is 1. The fourth-order valence-corrected chi connectivity index (χ4v) is 6.22. The summed E-state index contributed by atoms with van der Waals surface area (Å²) in [5.41, 5.74) is 2.06. The molecule has 1 aromatic carbocycles. The van der Waals surface area contributed by atoms with Gasteiger partial charge in [0.2, 0.25) is 5.91 Å². The Kier molecular flexibility index (Phi) is 5.44. The molecule has 4 aliphatic rings. The molecule has 30 heavy (non-hydrogen) atoms. The third kappa shape index (κ3) is 3.94. The number of piperidine rings is 4. The summed E-state index contributed by atoms with van der Waals surface area (Å²) in [6.45, 7) is 6.91. The SMILES string of the molecule is Cc1ccc(NC(=O)N2CCC(N3CC4CC(C3)[C@H]3CCCC(=O)N3C4)CC2)cc1. The van der Waals surface area contributed by atoms with Gasteiger partial charge in [0.15, 0.2) is 0 Å². The molecular formula is C24H34N4O2. The maximum Gasteiger partial charge on any atom is 0.321 e. The largest absolute Gasteiger partial charge is 0.339 e. The van der Waals surface area contributed by atoms with Gasteiger partial charge < -0.3 is 15.1 Å². The molecule has 4 heterocycles. The Labute approximate surface area is 179 Å². The summed E-state index contributed by atoms with van der Waals surface area (Å²) >= 11 is 0. The minimum absolute atomic E-state index is 0.0178. The number of nitrogens with zero attached hydrogens (tertiary/aromatic N) is 3. The summed E-state index contributed by atoms with van der Waals surface area (Å²) in [5, 5.41) is 3.04. The molecule has 0 aromatic heterocycles. The van der Waals surface area contributed by atoms with Crippen LogP contribution in [0.25, 0.3) is 0 Å². The van der Waals surface area contributed by atoms with Gasteiger partial charge in [-0.05, 0) is 63.0 Å². The Morgan fingerprint density at radius 3 is 2.57 bits per heavy atom. The van der Waals surface area contributed by atoms with Gasteiger partial charge in [0.25, 0.3) is 0 Å². The molecule has 5 rings (SSSR count). The first kappa shape index (κ1) is 19.9. The lowest BCUT2D eigenvalue weighted by molar-refractivity contribution is -0.145. The lowest BCUT2D eigenvalue weighted by Gasteiger charge is -2.54. The molecule has 2 unspecified atom stereocenters. The van der Waals surface area contributed by atoms with Crippen molar-refractivity contribution in [2.45, 2.75) is 57.5 Å². The summed E-state index contributed by atoms with van der Waals surface area (Å²) in [5.74, 6) is 1.66. The number of nitrogens with one attached hydrogen (secondary N) is 1. The van der Waals surface area contributed by atoms with E-state index in [0.717, 1.165) is 64.1 Å². The van der Waals surface area contributed by atoms with Crippen LogP contribution in [0.2, 0.25) is 0 Å². The molecule has 1 aromatic rings. The molecule has 162 valence electrons. The molecule has 4 aliphatic heterocycles. The number of amides is 3. The van der Waals surface area contributed by atoms with Crippen molar-refractivity contribution in [3.05, 3.63) is 29.8 Å². The Morgan fingerprint density at radius 1 is 1.03 bits per heavy atom. The highest BCUT2D eigenvalue weighted by Gasteiger charge is 2.45. The second kappa shape index (κ2) is 8.22. The van der Waals surface area contributed by atoms with E-state index in [-0.39, 0.29) is 6.03 Å². The van der Waals surface area contributed by atoms with Crippen LogP contribution < -0.4 is 5.32 Å². The van der Waals surface area contributed by atoms with Crippen molar-refractivity contribution in [2.24, 2.45) is 11.8 Å². The standard InChI is InChI=1S/C24H34N4O2/c1-17-5-7-20(8-6-17)25-24(30)26-11-9-21(10-12-26)27-14-18-13-19(16-27)22-3-2-4-23(29)28(22)15-18/h5-8,18-19,21-22H,2-4,9-16H2,1H3,(H,25,30)/t18?,19?,22-/m1/s1. The van der Waals surface area contributed by atoms with Crippen LogP contribution in [0, 0.1) is 18.8 Å². The molecule has 3 amide bonds. The highest BCUT2D eigenvalue weighted by atomic mass is 16.2. The van der Waals surface area contributed by atoms with E-state index in [9.17, 15) is 9.59 Å². The number of urea groups is 1. The summed E-state index contributed by atoms with van der Waals surface area (Å²) in [4.78, 5) is 31.9. The number of carbonyl (C=O) groups excluding carboxylic acids is 2. The van der Waals surface area contributed by atoms with Gasteiger partial charge in [0, 0.05) is 56.9 Å². The molecule has 4 fully saturated rings. The fourth-order valence-electron chi connectivity index (χ4n) is 6.22. The molecule has 4 saturated heterocycles. The van der Waals surface area contributed by atoms with Crippen LogP contribution in [-0.2, 0) is 4.79 Å². The predicted molar refractivity (Wildman–Crippen MR) is 117 cm³/mol. The second-order valence-electron chi connectivity index (χ2n) is 9.84. The van der Waals surface area contributed by atoms with Crippen molar-refractivity contribution in [1.29, 1.82) is 0 Å². The van der Waals surface area contributed by atoms with E-state index in [4.69, 9.17) is 0 Å². The third-order valence-electron chi connectivity index (χ3n) is 7.78. The zero-order valence-corrected chi connectivity index (χ0v) is 18.1. The number of aryl methyl sites for hydroxylation is 1. The summed E-state index contributed by atoms with van der Waals surface area (Å²) < 4.78 is 0. The van der Waals surface area contributed by atoms with E-state index >= 15 is 0 Å². The Hall–Kier alpha value is -2.08. The molecule has 0 saturated carbocycles. The molecule has 2 bridgehead atoms. The van der Waals surface area contributed by atoms with Crippen molar-refractivity contribution in [3.8, 4) is 0 Å². The maximum atomic E-state index is 12.6. The quantitative estimate of drug-likeness (QED) is 0.814. The fraction of sp³-hybridized carbons (Fsp3) is 0.667. The zero-order chi connectivity index (χ0) is 20.7. The topological polar surface area (TPSA) is 55.9 Å². The molecule has 0 radical (unpaired) electrons. The molecule has 3 atom stereocenters. The predicted octanol–water partition coefficient (Wildman–Crippen LogP) is 3.32. The van der Waals surface area contributed by atoms with Gasteiger partial charge in [-0.2, -0.15) is 0 Å². The van der Waals surface area contributed by atoms with E-state index in [1.165, 1.54) is 18.4 Å². The lowest BCUT2D eigenvalue weighted by atomic mass is 9.75. The van der Waals surface area contributed by atoms with Crippen molar-refractivity contribution >= 4 is 17.6 Å². The molecule has 1 N–H and O–H groups in total. The van der Waals surface area contributed by atoms with Gasteiger partial charge in [-0.1, -0.05) is 17.7 Å². The van der Waals surface area contributed by atoms with E-state index < -0.39 is 0 Å². The summed E-state index contributed by atoms with van der Waals surface area (Å²) in [7, 11) is 0. The Balaban J connectivity index is 1.15. The van der Waals surface area contributed by atoms with Crippen molar-refractivity contribution in [2.75, 3.05) is 38.0 Å². The number of fused-ring (bicyclic) bond motifs is 4. The number of likely N-dealkylation sites (tertiary alicyclic amines) is 2. The number of hydrogen-bond donors (Lipinski definition) is 1. The van der Waals surface area contributed by atoms with E-state index in [2.05, 4.69) is 22.0 Å².